The SMILES string of the molecule is Cc1nc2c(O)c(Br)ccc2o1. The Hall–Kier alpha value is -1.03. The number of fused-ring (bicyclic) bond motifs is 1. The summed E-state index contributed by atoms with van der Waals surface area (Å²) >= 11 is 3.19. The maximum absolute atomic E-state index is 9.50. The van der Waals surface area contributed by atoms with Crippen molar-refractivity contribution in [2.75, 3.05) is 0 Å². The zero-order valence-electron chi connectivity index (χ0n) is 6.34. The lowest BCUT2D eigenvalue weighted by atomic mass is 10.3. The molecule has 0 unspecified atom stereocenters. The largest absolute Gasteiger partial charge is 0.504 e. The van der Waals surface area contributed by atoms with E-state index in [0.717, 1.165) is 0 Å². The highest BCUT2D eigenvalue weighted by Crippen LogP contribution is 2.31. The zero-order valence-corrected chi connectivity index (χ0v) is 7.92. The summed E-state index contributed by atoms with van der Waals surface area (Å²) in [5.41, 5.74) is 1.11. The molecule has 2 rings (SSSR count). The maximum Gasteiger partial charge on any atom is 0.192 e. The van der Waals surface area contributed by atoms with E-state index in [1.54, 1.807) is 19.1 Å². The van der Waals surface area contributed by atoms with Crippen molar-refractivity contribution < 1.29 is 9.52 Å². The topological polar surface area (TPSA) is 46.3 Å². The van der Waals surface area contributed by atoms with Crippen molar-refractivity contribution in [1.29, 1.82) is 0 Å². The average Bonchev–Trinajstić information content (AvgIpc) is 2.39. The molecule has 0 bridgehead atoms. The molecule has 0 aliphatic heterocycles. The highest BCUT2D eigenvalue weighted by Gasteiger charge is 2.09. The van der Waals surface area contributed by atoms with E-state index in [-0.39, 0.29) is 5.75 Å². The van der Waals surface area contributed by atoms with Crippen LogP contribution >= 0.6 is 15.9 Å². The summed E-state index contributed by atoms with van der Waals surface area (Å²) in [4.78, 5) is 4.03. The van der Waals surface area contributed by atoms with Gasteiger partial charge in [0.15, 0.2) is 22.7 Å². The molecule has 0 fully saturated rings. The van der Waals surface area contributed by atoms with Gasteiger partial charge in [-0.1, -0.05) is 0 Å². The Labute approximate surface area is 77.2 Å². The van der Waals surface area contributed by atoms with Crippen molar-refractivity contribution in [3.8, 4) is 5.75 Å². The fourth-order valence-corrected chi connectivity index (χ4v) is 1.39. The molecule has 4 heteroatoms. The predicted molar refractivity (Wildman–Crippen MR) is 48.1 cm³/mol. The molecule has 62 valence electrons. The van der Waals surface area contributed by atoms with E-state index in [4.69, 9.17) is 4.42 Å². The second kappa shape index (κ2) is 2.48. The highest BCUT2D eigenvalue weighted by atomic mass is 79.9. The fraction of sp³-hybridized carbons (Fsp3) is 0.125. The van der Waals surface area contributed by atoms with Gasteiger partial charge in [0.1, 0.15) is 0 Å². The lowest BCUT2D eigenvalue weighted by molar-refractivity contribution is 0.477. The Balaban J connectivity index is 2.89. The molecule has 2 aromatic rings. The smallest absolute Gasteiger partial charge is 0.192 e. The molecule has 1 N–H and O–H groups in total. The van der Waals surface area contributed by atoms with Crippen molar-refractivity contribution in [3.63, 3.8) is 0 Å². The first kappa shape index (κ1) is 7.61. The number of rotatable bonds is 0. The van der Waals surface area contributed by atoms with Gasteiger partial charge in [-0.15, -0.1) is 0 Å². The second-order valence-corrected chi connectivity index (χ2v) is 3.33. The van der Waals surface area contributed by atoms with Crippen molar-refractivity contribution >= 4 is 27.0 Å². The molecule has 3 nitrogen and oxygen atoms in total. The number of phenols is 1. The lowest BCUT2D eigenvalue weighted by Crippen LogP contribution is -1.72. The maximum atomic E-state index is 9.50. The van der Waals surface area contributed by atoms with Gasteiger partial charge in [0, 0.05) is 6.92 Å². The minimum absolute atomic E-state index is 0.129. The third-order valence-electron chi connectivity index (χ3n) is 1.59. The van der Waals surface area contributed by atoms with E-state index in [1.165, 1.54) is 0 Å². The molecule has 0 spiro atoms. The van der Waals surface area contributed by atoms with Crippen LogP contribution in [0.4, 0.5) is 0 Å². The summed E-state index contributed by atoms with van der Waals surface area (Å²) in [6, 6.07) is 3.49. The third kappa shape index (κ3) is 0.992. The van der Waals surface area contributed by atoms with Gasteiger partial charge in [-0.3, -0.25) is 0 Å². The molecule has 0 saturated heterocycles. The molecular weight excluding hydrogens is 222 g/mol. The van der Waals surface area contributed by atoms with Crippen LogP contribution in [0.15, 0.2) is 21.0 Å². The van der Waals surface area contributed by atoms with Crippen LogP contribution in [0.1, 0.15) is 5.89 Å². The first-order chi connectivity index (χ1) is 5.68. The van der Waals surface area contributed by atoms with Crippen LogP contribution in [0.3, 0.4) is 0 Å². The predicted octanol–water partition coefficient (Wildman–Crippen LogP) is 2.60. The molecule has 1 aromatic carbocycles. The first-order valence-electron chi connectivity index (χ1n) is 3.43. The van der Waals surface area contributed by atoms with Crippen LogP contribution in [0.2, 0.25) is 0 Å². The second-order valence-electron chi connectivity index (χ2n) is 2.48. The standard InChI is InChI=1S/C8H6BrNO2/c1-4-10-7-6(12-4)3-2-5(9)8(7)11/h2-3,11H,1H3. The van der Waals surface area contributed by atoms with Gasteiger partial charge in [-0.05, 0) is 28.1 Å². The van der Waals surface area contributed by atoms with Gasteiger partial charge in [-0.2, -0.15) is 0 Å². The minimum Gasteiger partial charge on any atom is -0.504 e. The number of oxazole rings is 1. The van der Waals surface area contributed by atoms with Gasteiger partial charge >= 0.3 is 0 Å². The molecule has 0 amide bonds. The van der Waals surface area contributed by atoms with Crippen LogP contribution in [0.5, 0.6) is 5.75 Å². The Morgan fingerprint density at radius 1 is 1.50 bits per heavy atom. The number of halogens is 1. The number of benzene rings is 1. The van der Waals surface area contributed by atoms with E-state index < -0.39 is 0 Å². The Morgan fingerprint density at radius 3 is 3.00 bits per heavy atom. The Morgan fingerprint density at radius 2 is 2.25 bits per heavy atom. The van der Waals surface area contributed by atoms with Gasteiger partial charge in [-0.25, -0.2) is 4.98 Å². The Kier molecular flexibility index (Phi) is 1.58. The highest BCUT2D eigenvalue weighted by molar-refractivity contribution is 9.10. The third-order valence-corrected chi connectivity index (χ3v) is 2.23. The summed E-state index contributed by atoms with van der Waals surface area (Å²) in [5, 5.41) is 9.50. The molecule has 0 radical (unpaired) electrons. The average molecular weight is 228 g/mol. The van der Waals surface area contributed by atoms with Crippen LogP contribution in [0.25, 0.3) is 11.1 Å². The summed E-state index contributed by atoms with van der Waals surface area (Å²) in [5.74, 6) is 0.683. The molecule has 12 heavy (non-hydrogen) atoms. The molecule has 0 saturated carbocycles. The quantitative estimate of drug-likeness (QED) is 0.753. The number of hydrogen-bond acceptors (Lipinski definition) is 3. The molecule has 0 atom stereocenters. The van der Waals surface area contributed by atoms with Gasteiger partial charge in [0.05, 0.1) is 4.47 Å². The number of nitrogens with zero attached hydrogens (tertiary/aromatic N) is 1. The molecule has 0 aliphatic carbocycles. The van der Waals surface area contributed by atoms with E-state index >= 15 is 0 Å². The van der Waals surface area contributed by atoms with E-state index in [1.807, 2.05) is 0 Å². The molecular formula is C8H6BrNO2. The van der Waals surface area contributed by atoms with Crippen molar-refractivity contribution in [3.05, 3.63) is 22.5 Å². The van der Waals surface area contributed by atoms with Gasteiger partial charge in [0.2, 0.25) is 0 Å². The fourth-order valence-electron chi connectivity index (χ4n) is 1.07. The monoisotopic (exact) mass is 227 g/mol. The van der Waals surface area contributed by atoms with Crippen LogP contribution in [0, 0.1) is 6.92 Å². The van der Waals surface area contributed by atoms with Crippen molar-refractivity contribution in [1.82, 2.24) is 4.98 Å². The summed E-state index contributed by atoms with van der Waals surface area (Å²) in [6.07, 6.45) is 0. The number of phenolic OH excluding ortho intramolecular Hbond substituents is 1. The van der Waals surface area contributed by atoms with E-state index in [0.29, 0.717) is 21.5 Å². The summed E-state index contributed by atoms with van der Waals surface area (Å²) in [7, 11) is 0. The van der Waals surface area contributed by atoms with Crippen LogP contribution < -0.4 is 0 Å². The van der Waals surface area contributed by atoms with Crippen LogP contribution in [-0.2, 0) is 0 Å². The summed E-state index contributed by atoms with van der Waals surface area (Å²) < 4.78 is 5.84. The van der Waals surface area contributed by atoms with E-state index in [9.17, 15) is 5.11 Å². The number of aryl methyl sites for hydroxylation is 1. The van der Waals surface area contributed by atoms with Crippen molar-refractivity contribution in [2.45, 2.75) is 6.92 Å². The molecule has 1 aromatic heterocycles. The van der Waals surface area contributed by atoms with Gasteiger partial charge in [0.25, 0.3) is 0 Å². The number of hydrogen-bond donors (Lipinski definition) is 1. The van der Waals surface area contributed by atoms with Crippen molar-refractivity contribution in [2.24, 2.45) is 0 Å². The molecule has 0 aliphatic rings. The van der Waals surface area contributed by atoms with Gasteiger partial charge < -0.3 is 9.52 Å². The lowest BCUT2D eigenvalue weighted by Gasteiger charge is -1.93. The van der Waals surface area contributed by atoms with E-state index in [2.05, 4.69) is 20.9 Å². The van der Waals surface area contributed by atoms with Crippen LogP contribution in [-0.4, -0.2) is 10.1 Å². The summed E-state index contributed by atoms with van der Waals surface area (Å²) in [6.45, 7) is 1.74. The normalized spacial score (nSPS) is 10.8. The minimum atomic E-state index is 0.129. The molecule has 1 heterocycles. The Bertz CT molecular complexity index is 436. The zero-order chi connectivity index (χ0) is 8.72. The number of aromatic nitrogens is 1. The first-order valence-corrected chi connectivity index (χ1v) is 4.22. The number of aromatic hydroxyl groups is 1.